The SMILES string of the molecule is COc1cc(OC)c(CCC(=O)c2c[nH]c(C3=NCc4ncccc43)c2)c(OC)c1. The van der Waals surface area contributed by atoms with Crippen LogP contribution in [0, 0.1) is 0 Å². The molecule has 3 heterocycles. The van der Waals surface area contributed by atoms with Crippen molar-refractivity contribution in [3.8, 4) is 17.2 Å². The molecule has 4 rings (SSSR count). The molecule has 7 heteroatoms. The third-order valence-corrected chi connectivity index (χ3v) is 5.21. The number of aromatic nitrogens is 2. The molecule has 0 unspecified atom stereocenters. The number of hydrogen-bond donors (Lipinski definition) is 1. The summed E-state index contributed by atoms with van der Waals surface area (Å²) in [5.41, 5.74) is 5.08. The van der Waals surface area contributed by atoms with Crippen molar-refractivity contribution in [2.45, 2.75) is 19.4 Å². The first-order chi connectivity index (χ1) is 14.6. The van der Waals surface area contributed by atoms with Crippen LogP contribution in [0.1, 0.15) is 39.3 Å². The summed E-state index contributed by atoms with van der Waals surface area (Å²) in [5.74, 6) is 1.94. The van der Waals surface area contributed by atoms with Crippen LogP contribution in [-0.4, -0.2) is 42.8 Å². The molecule has 0 spiro atoms. The van der Waals surface area contributed by atoms with Gasteiger partial charge in [0.1, 0.15) is 17.2 Å². The molecule has 0 radical (unpaired) electrons. The van der Waals surface area contributed by atoms with Crippen molar-refractivity contribution < 1.29 is 19.0 Å². The number of H-pyrrole nitrogens is 1. The van der Waals surface area contributed by atoms with Gasteiger partial charge in [-0.3, -0.25) is 14.8 Å². The predicted octanol–water partition coefficient (Wildman–Crippen LogP) is 3.60. The highest BCUT2D eigenvalue weighted by molar-refractivity contribution is 6.14. The van der Waals surface area contributed by atoms with Crippen LogP contribution in [0.2, 0.25) is 0 Å². The van der Waals surface area contributed by atoms with Crippen molar-refractivity contribution in [3.63, 3.8) is 0 Å². The molecule has 0 saturated heterocycles. The van der Waals surface area contributed by atoms with Crippen molar-refractivity contribution in [3.05, 3.63) is 70.8 Å². The maximum Gasteiger partial charge on any atom is 0.164 e. The minimum absolute atomic E-state index is 0.0300. The van der Waals surface area contributed by atoms with Gasteiger partial charge in [-0.15, -0.1) is 0 Å². The Labute approximate surface area is 174 Å². The van der Waals surface area contributed by atoms with E-state index in [1.165, 1.54) is 0 Å². The fraction of sp³-hybridized carbons (Fsp3) is 0.261. The Balaban J connectivity index is 1.50. The molecular weight excluding hydrogens is 382 g/mol. The molecule has 1 aliphatic heterocycles. The van der Waals surface area contributed by atoms with Crippen molar-refractivity contribution in [2.75, 3.05) is 21.3 Å². The maximum atomic E-state index is 12.8. The van der Waals surface area contributed by atoms with Crippen LogP contribution >= 0.6 is 0 Å². The fourth-order valence-corrected chi connectivity index (χ4v) is 3.65. The summed E-state index contributed by atoms with van der Waals surface area (Å²) >= 11 is 0. The van der Waals surface area contributed by atoms with Gasteiger partial charge in [-0.2, -0.15) is 0 Å². The largest absolute Gasteiger partial charge is 0.496 e. The molecule has 2 aromatic heterocycles. The van der Waals surface area contributed by atoms with E-state index in [1.807, 2.05) is 18.2 Å². The quantitative estimate of drug-likeness (QED) is 0.579. The molecule has 30 heavy (non-hydrogen) atoms. The number of methoxy groups -OCH3 is 3. The second-order valence-corrected chi connectivity index (χ2v) is 6.90. The first-order valence-corrected chi connectivity index (χ1v) is 9.64. The molecule has 1 aromatic carbocycles. The lowest BCUT2D eigenvalue weighted by atomic mass is 10.0. The van der Waals surface area contributed by atoms with E-state index in [9.17, 15) is 4.79 Å². The van der Waals surface area contributed by atoms with E-state index in [0.717, 1.165) is 28.2 Å². The van der Waals surface area contributed by atoms with Crippen LogP contribution < -0.4 is 14.2 Å². The number of nitrogens with one attached hydrogen (secondary N) is 1. The highest BCUT2D eigenvalue weighted by Gasteiger charge is 2.21. The minimum Gasteiger partial charge on any atom is -0.496 e. The Morgan fingerprint density at radius 2 is 1.87 bits per heavy atom. The molecular formula is C23H23N3O4. The zero-order valence-electron chi connectivity index (χ0n) is 17.2. The number of fused-ring (bicyclic) bond motifs is 1. The molecule has 3 aromatic rings. The first-order valence-electron chi connectivity index (χ1n) is 9.64. The van der Waals surface area contributed by atoms with Crippen LogP contribution in [0.25, 0.3) is 0 Å². The van der Waals surface area contributed by atoms with Gasteiger partial charge in [0, 0.05) is 47.6 Å². The van der Waals surface area contributed by atoms with E-state index < -0.39 is 0 Å². The second kappa shape index (κ2) is 8.41. The van der Waals surface area contributed by atoms with E-state index in [1.54, 1.807) is 45.9 Å². The Hall–Kier alpha value is -3.61. The van der Waals surface area contributed by atoms with Gasteiger partial charge in [0.2, 0.25) is 0 Å². The summed E-state index contributed by atoms with van der Waals surface area (Å²) in [6, 6.07) is 9.33. The van der Waals surface area contributed by atoms with Gasteiger partial charge in [-0.25, -0.2) is 0 Å². The molecule has 0 saturated carbocycles. The number of carbonyl (C=O) groups is 1. The Morgan fingerprint density at radius 3 is 2.57 bits per heavy atom. The lowest BCUT2D eigenvalue weighted by Gasteiger charge is -2.14. The molecule has 0 atom stereocenters. The van der Waals surface area contributed by atoms with E-state index in [2.05, 4.69) is 15.0 Å². The molecule has 0 amide bonds. The Bertz CT molecular complexity index is 1090. The fourth-order valence-electron chi connectivity index (χ4n) is 3.65. The highest BCUT2D eigenvalue weighted by atomic mass is 16.5. The summed E-state index contributed by atoms with van der Waals surface area (Å²) in [4.78, 5) is 24.9. The molecule has 7 nitrogen and oxygen atoms in total. The zero-order chi connectivity index (χ0) is 21.1. The van der Waals surface area contributed by atoms with Gasteiger partial charge >= 0.3 is 0 Å². The van der Waals surface area contributed by atoms with E-state index in [0.29, 0.717) is 42.2 Å². The van der Waals surface area contributed by atoms with Gasteiger partial charge in [0.05, 0.1) is 45.0 Å². The lowest BCUT2D eigenvalue weighted by Crippen LogP contribution is -2.04. The average molecular weight is 405 g/mol. The molecule has 1 aliphatic rings. The van der Waals surface area contributed by atoms with Crippen LogP contribution in [0.3, 0.4) is 0 Å². The van der Waals surface area contributed by atoms with Crippen molar-refractivity contribution >= 4 is 11.5 Å². The van der Waals surface area contributed by atoms with Crippen LogP contribution in [0.4, 0.5) is 0 Å². The van der Waals surface area contributed by atoms with Crippen molar-refractivity contribution in [1.29, 1.82) is 0 Å². The highest BCUT2D eigenvalue weighted by Crippen LogP contribution is 2.35. The first kappa shape index (κ1) is 19.7. The third kappa shape index (κ3) is 3.66. The maximum absolute atomic E-state index is 12.8. The number of aromatic amines is 1. The monoisotopic (exact) mass is 405 g/mol. The topological polar surface area (TPSA) is 85.8 Å². The number of ether oxygens (including phenoxy) is 3. The molecule has 0 fully saturated rings. The average Bonchev–Trinajstić information content (AvgIpc) is 3.43. The lowest BCUT2D eigenvalue weighted by molar-refractivity contribution is 0.0982. The molecule has 1 N–H and O–H groups in total. The minimum atomic E-state index is 0.0300. The number of pyridine rings is 1. The normalized spacial score (nSPS) is 12.3. The number of carbonyl (C=O) groups excluding carboxylic acids is 1. The number of aliphatic imine (C=N–C) groups is 1. The summed E-state index contributed by atoms with van der Waals surface area (Å²) in [6.45, 7) is 0.560. The Kier molecular flexibility index (Phi) is 5.52. The number of Topliss-reactive ketones (excluding diaryl/α,β-unsaturated/α-hetero) is 1. The van der Waals surface area contributed by atoms with Gasteiger partial charge in [0.25, 0.3) is 0 Å². The molecule has 0 bridgehead atoms. The number of rotatable bonds is 8. The number of hydrogen-bond acceptors (Lipinski definition) is 6. The van der Waals surface area contributed by atoms with Gasteiger partial charge in [0.15, 0.2) is 5.78 Å². The van der Waals surface area contributed by atoms with E-state index in [4.69, 9.17) is 14.2 Å². The number of nitrogens with zero attached hydrogens (tertiary/aromatic N) is 2. The standard InChI is InChI=1S/C23H23N3O4/c1-28-15-10-21(29-2)17(22(11-15)30-3)6-7-20(27)14-9-18(25-12-14)23-16-5-4-8-24-19(16)13-26-23/h4-5,8-12,25H,6-7,13H2,1-3H3. The van der Waals surface area contributed by atoms with E-state index >= 15 is 0 Å². The summed E-state index contributed by atoms with van der Waals surface area (Å²) in [7, 11) is 4.77. The van der Waals surface area contributed by atoms with Crippen LogP contribution in [-0.2, 0) is 13.0 Å². The smallest absolute Gasteiger partial charge is 0.164 e. The van der Waals surface area contributed by atoms with Gasteiger partial charge in [-0.05, 0) is 24.6 Å². The van der Waals surface area contributed by atoms with Crippen molar-refractivity contribution in [1.82, 2.24) is 9.97 Å². The van der Waals surface area contributed by atoms with Gasteiger partial charge < -0.3 is 19.2 Å². The van der Waals surface area contributed by atoms with Gasteiger partial charge in [-0.1, -0.05) is 0 Å². The summed E-state index contributed by atoms with van der Waals surface area (Å²) in [6.07, 6.45) is 4.31. The number of ketones is 1. The Morgan fingerprint density at radius 1 is 1.10 bits per heavy atom. The van der Waals surface area contributed by atoms with Crippen LogP contribution in [0.15, 0.2) is 47.7 Å². The van der Waals surface area contributed by atoms with Crippen molar-refractivity contribution in [2.24, 2.45) is 4.99 Å². The summed E-state index contributed by atoms with van der Waals surface area (Å²) < 4.78 is 16.2. The molecule has 154 valence electrons. The third-order valence-electron chi connectivity index (χ3n) is 5.21. The second-order valence-electron chi connectivity index (χ2n) is 6.90. The van der Waals surface area contributed by atoms with E-state index in [-0.39, 0.29) is 5.78 Å². The number of benzene rings is 1. The molecule has 0 aliphatic carbocycles. The predicted molar refractivity (Wildman–Crippen MR) is 113 cm³/mol. The zero-order valence-corrected chi connectivity index (χ0v) is 17.2. The summed E-state index contributed by atoms with van der Waals surface area (Å²) in [5, 5.41) is 0. The van der Waals surface area contributed by atoms with Crippen LogP contribution in [0.5, 0.6) is 17.2 Å².